The monoisotopic (exact) mass is 404 g/mol. The van der Waals surface area contributed by atoms with E-state index in [1.807, 2.05) is 43.6 Å². The van der Waals surface area contributed by atoms with E-state index in [4.69, 9.17) is 14.2 Å². The average Bonchev–Trinajstić information content (AvgIpc) is 3.39. The summed E-state index contributed by atoms with van der Waals surface area (Å²) in [6.07, 6.45) is 6.76. The number of benzene rings is 2. The fourth-order valence-corrected chi connectivity index (χ4v) is 4.46. The third-order valence-corrected chi connectivity index (χ3v) is 6.01. The van der Waals surface area contributed by atoms with Crippen molar-refractivity contribution in [1.82, 2.24) is 9.88 Å². The summed E-state index contributed by atoms with van der Waals surface area (Å²) in [4.78, 5) is 18.4. The largest absolute Gasteiger partial charge is 0.492 e. The van der Waals surface area contributed by atoms with Crippen molar-refractivity contribution in [3.63, 3.8) is 0 Å². The van der Waals surface area contributed by atoms with Crippen molar-refractivity contribution in [3.05, 3.63) is 59.3 Å². The molecular formula is C24H24N2O4. The highest BCUT2D eigenvalue weighted by Crippen LogP contribution is 2.50. The molecule has 0 aliphatic carbocycles. The first-order valence-corrected chi connectivity index (χ1v) is 10.1. The van der Waals surface area contributed by atoms with E-state index >= 15 is 0 Å². The Labute approximate surface area is 175 Å². The molecule has 2 aliphatic heterocycles. The average molecular weight is 404 g/mol. The Balaban J connectivity index is 1.43. The third-order valence-electron chi connectivity index (χ3n) is 6.01. The topological polar surface area (TPSA) is 63.8 Å². The van der Waals surface area contributed by atoms with Gasteiger partial charge in [0.2, 0.25) is 12.5 Å². The third kappa shape index (κ3) is 3.13. The predicted octanol–water partition coefficient (Wildman–Crippen LogP) is 4.11. The van der Waals surface area contributed by atoms with Gasteiger partial charge in [-0.05, 0) is 48.9 Å². The molecule has 0 amide bonds. The van der Waals surface area contributed by atoms with Gasteiger partial charge in [-0.3, -0.25) is 9.69 Å². The lowest BCUT2D eigenvalue weighted by Gasteiger charge is -2.35. The first-order valence-electron chi connectivity index (χ1n) is 10.1. The molecule has 154 valence electrons. The maximum Gasteiger partial charge on any atom is 0.231 e. The highest BCUT2D eigenvalue weighted by molar-refractivity contribution is 5.97. The molecule has 3 aromatic rings. The number of para-hydroxylation sites is 1. The van der Waals surface area contributed by atoms with Crippen LogP contribution in [-0.2, 0) is 11.2 Å². The minimum absolute atomic E-state index is 0.0710. The van der Waals surface area contributed by atoms with Gasteiger partial charge < -0.3 is 19.2 Å². The molecule has 6 heteroatoms. The number of nitrogens with zero attached hydrogens (tertiary/aromatic N) is 1. The van der Waals surface area contributed by atoms with Gasteiger partial charge in [0.05, 0.1) is 7.11 Å². The van der Waals surface area contributed by atoms with E-state index in [9.17, 15) is 4.79 Å². The summed E-state index contributed by atoms with van der Waals surface area (Å²) < 4.78 is 16.9. The number of hydrogen-bond donors (Lipinski definition) is 1. The number of fused-ring (bicyclic) bond motifs is 3. The van der Waals surface area contributed by atoms with Crippen LogP contribution in [0, 0.1) is 0 Å². The van der Waals surface area contributed by atoms with E-state index in [1.54, 1.807) is 13.2 Å². The van der Waals surface area contributed by atoms with Crippen LogP contribution < -0.4 is 14.2 Å². The van der Waals surface area contributed by atoms with Gasteiger partial charge in [0, 0.05) is 41.7 Å². The van der Waals surface area contributed by atoms with Crippen molar-refractivity contribution < 1.29 is 19.0 Å². The van der Waals surface area contributed by atoms with Gasteiger partial charge in [-0.1, -0.05) is 18.2 Å². The lowest BCUT2D eigenvalue weighted by atomic mass is 9.88. The Kier molecular flexibility index (Phi) is 4.71. The molecule has 0 unspecified atom stereocenters. The van der Waals surface area contributed by atoms with E-state index in [0.717, 1.165) is 46.3 Å². The Morgan fingerprint density at radius 1 is 1.33 bits per heavy atom. The van der Waals surface area contributed by atoms with Gasteiger partial charge in [0.25, 0.3) is 0 Å². The lowest BCUT2D eigenvalue weighted by molar-refractivity contribution is -0.115. The number of carbonyl (C=O) groups excluding carboxylic acids is 1. The number of methoxy groups -OCH3 is 1. The molecule has 5 rings (SSSR count). The Bertz CT molecular complexity index is 1150. The predicted molar refractivity (Wildman–Crippen MR) is 115 cm³/mol. The van der Waals surface area contributed by atoms with Crippen molar-refractivity contribution in [2.45, 2.75) is 18.9 Å². The standard InChI is InChI=1S/C24H24N2O4/c1-26-10-9-15-11-21-23(30-14-29-21)24(28-2)22(15)20(26)12-17(27)8-7-16-13-25-19-6-4-3-5-18(16)19/h3-8,11,13,20,25H,9-10,12,14H2,1-2H3/b8-7+/t20-/m1/s1. The van der Waals surface area contributed by atoms with Gasteiger partial charge >= 0.3 is 0 Å². The number of aromatic nitrogens is 1. The number of H-pyrrole nitrogens is 1. The molecule has 0 fully saturated rings. The second-order valence-electron chi connectivity index (χ2n) is 7.76. The van der Waals surface area contributed by atoms with Crippen LogP contribution in [0.3, 0.4) is 0 Å². The molecule has 1 aromatic heterocycles. The molecule has 3 heterocycles. The summed E-state index contributed by atoms with van der Waals surface area (Å²) in [6.45, 7) is 1.07. The quantitative estimate of drug-likeness (QED) is 0.649. The molecule has 0 spiro atoms. The van der Waals surface area contributed by atoms with Crippen molar-refractivity contribution in [2.24, 2.45) is 0 Å². The van der Waals surface area contributed by atoms with Gasteiger partial charge in [-0.25, -0.2) is 0 Å². The Morgan fingerprint density at radius 3 is 3.07 bits per heavy atom. The molecule has 1 atom stereocenters. The zero-order valence-corrected chi connectivity index (χ0v) is 17.1. The maximum absolute atomic E-state index is 12.9. The molecule has 0 saturated heterocycles. The molecule has 30 heavy (non-hydrogen) atoms. The van der Waals surface area contributed by atoms with Crippen LogP contribution in [-0.4, -0.2) is 43.2 Å². The van der Waals surface area contributed by atoms with E-state index < -0.39 is 0 Å². The van der Waals surface area contributed by atoms with Crippen molar-refractivity contribution in [2.75, 3.05) is 27.5 Å². The summed E-state index contributed by atoms with van der Waals surface area (Å²) in [7, 11) is 3.69. The van der Waals surface area contributed by atoms with Crippen molar-refractivity contribution in [3.8, 4) is 17.2 Å². The van der Waals surface area contributed by atoms with Gasteiger partial charge in [-0.2, -0.15) is 0 Å². The normalized spacial score (nSPS) is 18.1. The number of ketones is 1. The number of likely N-dealkylation sites (N-methyl/N-ethyl adjacent to an activating group) is 1. The molecule has 0 bridgehead atoms. The van der Waals surface area contributed by atoms with E-state index in [2.05, 4.69) is 16.0 Å². The molecule has 0 radical (unpaired) electrons. The van der Waals surface area contributed by atoms with Crippen LogP contribution in [0.2, 0.25) is 0 Å². The lowest BCUT2D eigenvalue weighted by Crippen LogP contribution is -2.33. The Morgan fingerprint density at radius 2 is 2.20 bits per heavy atom. The first-order chi connectivity index (χ1) is 14.7. The smallest absolute Gasteiger partial charge is 0.231 e. The number of aromatic amines is 1. The van der Waals surface area contributed by atoms with Gasteiger partial charge in [0.1, 0.15) is 0 Å². The molecule has 1 N–H and O–H groups in total. The zero-order chi connectivity index (χ0) is 20.7. The number of carbonyl (C=O) groups is 1. The van der Waals surface area contributed by atoms with Crippen LogP contribution in [0.15, 0.2) is 42.6 Å². The molecular weight excluding hydrogens is 380 g/mol. The second-order valence-corrected chi connectivity index (χ2v) is 7.76. The molecule has 2 aromatic carbocycles. The number of hydrogen-bond acceptors (Lipinski definition) is 5. The summed E-state index contributed by atoms with van der Waals surface area (Å²) in [5.74, 6) is 2.12. The highest BCUT2D eigenvalue weighted by Gasteiger charge is 2.34. The van der Waals surface area contributed by atoms with Crippen LogP contribution in [0.5, 0.6) is 17.2 Å². The number of rotatable bonds is 5. The summed E-state index contributed by atoms with van der Waals surface area (Å²) >= 11 is 0. The van der Waals surface area contributed by atoms with E-state index in [0.29, 0.717) is 17.9 Å². The minimum Gasteiger partial charge on any atom is -0.492 e. The maximum atomic E-state index is 12.9. The Hall–Kier alpha value is -3.25. The van der Waals surface area contributed by atoms with Gasteiger partial charge in [0.15, 0.2) is 17.3 Å². The number of ether oxygens (including phenoxy) is 3. The van der Waals surface area contributed by atoms with E-state index in [1.165, 1.54) is 0 Å². The summed E-state index contributed by atoms with van der Waals surface area (Å²) in [6, 6.07) is 10.0. The second kappa shape index (κ2) is 7.54. The van der Waals surface area contributed by atoms with Crippen LogP contribution in [0.1, 0.15) is 29.2 Å². The minimum atomic E-state index is -0.0710. The number of nitrogens with one attached hydrogen (secondary N) is 1. The zero-order valence-electron chi connectivity index (χ0n) is 17.1. The van der Waals surface area contributed by atoms with Crippen LogP contribution in [0.25, 0.3) is 17.0 Å². The summed E-state index contributed by atoms with van der Waals surface area (Å²) in [5.41, 5.74) is 4.26. The van der Waals surface area contributed by atoms with E-state index in [-0.39, 0.29) is 18.6 Å². The SMILES string of the molecule is COc1c2c(cc3c1[C@@H](CC(=O)/C=C/c1c[nH]c4ccccc14)N(C)CC3)OCO2. The molecule has 6 nitrogen and oxygen atoms in total. The highest BCUT2D eigenvalue weighted by atomic mass is 16.7. The summed E-state index contributed by atoms with van der Waals surface area (Å²) in [5, 5.41) is 1.11. The van der Waals surface area contributed by atoms with Crippen LogP contribution in [0.4, 0.5) is 0 Å². The first kappa shape index (κ1) is 18.8. The molecule has 2 aliphatic rings. The fraction of sp³-hybridized carbons (Fsp3) is 0.292. The van der Waals surface area contributed by atoms with Gasteiger partial charge in [-0.15, -0.1) is 0 Å². The molecule has 0 saturated carbocycles. The van der Waals surface area contributed by atoms with Crippen LogP contribution >= 0.6 is 0 Å². The van der Waals surface area contributed by atoms with Crippen molar-refractivity contribution >= 4 is 22.8 Å². The van der Waals surface area contributed by atoms with Crippen molar-refractivity contribution in [1.29, 1.82) is 0 Å². The fourth-order valence-electron chi connectivity index (χ4n) is 4.46. The number of allylic oxidation sites excluding steroid dienone is 1.